The molecule has 0 aromatic carbocycles. The summed E-state index contributed by atoms with van der Waals surface area (Å²) in [4.78, 5) is 50.4. The largest absolute Gasteiger partial charge is 0.481 e. The Labute approximate surface area is 223 Å². The van der Waals surface area contributed by atoms with Gasteiger partial charge < -0.3 is 54.2 Å². The van der Waals surface area contributed by atoms with Crippen LogP contribution in [-0.4, -0.2) is 86.1 Å². The molecule has 0 aliphatic carbocycles. The van der Waals surface area contributed by atoms with Crippen LogP contribution < -0.4 is 28.7 Å². The van der Waals surface area contributed by atoms with Crippen molar-refractivity contribution in [2.45, 2.75) is 96.8 Å². The summed E-state index contributed by atoms with van der Waals surface area (Å²) in [5.41, 5.74) is 26.0. The molecule has 0 aliphatic rings. The molecule has 0 amide bonds. The van der Waals surface area contributed by atoms with E-state index in [0.29, 0.717) is 13.0 Å². The Kier molecular flexibility index (Phi) is 28.7. The molecular weight excluding hydrogens is 506 g/mol. The molecule has 15 heteroatoms. The molecule has 0 rings (SSSR count). The molecule has 0 bridgehead atoms. The average molecular weight is 556 g/mol. The zero-order valence-corrected chi connectivity index (χ0v) is 22.8. The summed E-state index contributed by atoms with van der Waals surface area (Å²) in [6.07, 6.45) is 3.57. The van der Waals surface area contributed by atoms with Crippen molar-refractivity contribution in [3.63, 3.8) is 0 Å². The van der Waals surface area contributed by atoms with Gasteiger partial charge in [0.05, 0.1) is 0 Å². The van der Waals surface area contributed by atoms with Gasteiger partial charge in [-0.25, -0.2) is 0 Å². The van der Waals surface area contributed by atoms with Crippen LogP contribution in [0.4, 0.5) is 0 Å². The van der Waals surface area contributed by atoms with Gasteiger partial charge >= 0.3 is 29.8 Å². The SMILES string of the molecule is CC[C@H](C)[C@H](N)C(=O)O.CC[C@H](C)[C@H](N)C(=O)O.NCCCC[C@H](N)C(=O)O.N[C@@H](CCC(=O)O)C(=O)O. The highest BCUT2D eigenvalue weighted by atomic mass is 16.4. The van der Waals surface area contributed by atoms with E-state index in [1.54, 1.807) is 0 Å². The van der Waals surface area contributed by atoms with E-state index in [4.69, 9.17) is 54.2 Å². The predicted octanol–water partition coefficient (Wildman–Crippen LogP) is -0.321. The number of aliphatic carboxylic acids is 5. The Balaban J connectivity index is -0.000000203. The molecule has 6 atom stereocenters. The van der Waals surface area contributed by atoms with Crippen molar-refractivity contribution in [2.75, 3.05) is 6.54 Å². The summed E-state index contributed by atoms with van der Waals surface area (Å²) in [6, 6.07) is -3.17. The second-order valence-electron chi connectivity index (χ2n) is 8.61. The lowest BCUT2D eigenvalue weighted by Crippen LogP contribution is -2.36. The third-order valence-electron chi connectivity index (χ3n) is 5.36. The molecule has 38 heavy (non-hydrogen) atoms. The summed E-state index contributed by atoms with van der Waals surface area (Å²) >= 11 is 0. The molecule has 0 heterocycles. The standard InChI is InChI=1S/C6H14N2O2.2C6H13NO2.C5H9NO4/c7-4-2-1-3-5(8)6(9)10;2*1-3-4(2)5(7)6(8)9;6-3(5(9)10)1-2-4(7)8/h5H,1-4,7-8H2,(H,9,10);2*4-5H,3,7H2,1-2H3,(H,8,9);3H,1-2,6H2,(H,7,8)(H,9,10)/t5-;2*4-,5-;3-/m0000/s1. The molecule has 0 spiro atoms. The fraction of sp³-hybridized carbons (Fsp3) is 0.783. The van der Waals surface area contributed by atoms with Crippen LogP contribution >= 0.6 is 0 Å². The van der Waals surface area contributed by atoms with Gasteiger partial charge in [-0.05, 0) is 37.6 Å². The number of carbonyl (C=O) groups is 5. The van der Waals surface area contributed by atoms with Gasteiger partial charge in [-0.15, -0.1) is 0 Å². The van der Waals surface area contributed by atoms with Crippen LogP contribution in [-0.2, 0) is 24.0 Å². The highest BCUT2D eigenvalue weighted by Gasteiger charge is 2.18. The zero-order chi connectivity index (χ0) is 31.0. The molecular formula is C23H49N5O10. The number of carboxylic acid groups (broad SMARTS) is 5. The molecule has 226 valence electrons. The Hall–Kier alpha value is -2.85. The van der Waals surface area contributed by atoms with Gasteiger partial charge in [-0.3, -0.25) is 24.0 Å². The van der Waals surface area contributed by atoms with E-state index < -0.39 is 54.0 Å². The molecule has 0 fully saturated rings. The lowest BCUT2D eigenvalue weighted by molar-refractivity contribution is -0.141. The maximum absolute atomic E-state index is 10.2. The maximum Gasteiger partial charge on any atom is 0.320 e. The number of hydrogen-bond acceptors (Lipinski definition) is 10. The Bertz CT molecular complexity index is 655. The van der Waals surface area contributed by atoms with E-state index in [-0.39, 0.29) is 24.7 Å². The van der Waals surface area contributed by atoms with Gasteiger partial charge in [0.1, 0.15) is 24.2 Å². The summed E-state index contributed by atoms with van der Waals surface area (Å²) < 4.78 is 0. The molecule has 0 aliphatic heterocycles. The molecule has 0 saturated carbocycles. The van der Waals surface area contributed by atoms with Crippen molar-refractivity contribution < 1.29 is 49.5 Å². The van der Waals surface area contributed by atoms with Crippen molar-refractivity contribution in [3.8, 4) is 0 Å². The highest BCUT2D eigenvalue weighted by molar-refractivity contribution is 5.75. The van der Waals surface area contributed by atoms with E-state index in [1.165, 1.54) is 0 Å². The van der Waals surface area contributed by atoms with Gasteiger partial charge in [0.15, 0.2) is 0 Å². The Morgan fingerprint density at radius 2 is 0.947 bits per heavy atom. The minimum absolute atomic E-state index is 0.0231. The quantitative estimate of drug-likeness (QED) is 0.116. The Morgan fingerprint density at radius 1 is 0.605 bits per heavy atom. The van der Waals surface area contributed by atoms with Gasteiger partial charge in [-0.2, -0.15) is 0 Å². The van der Waals surface area contributed by atoms with E-state index in [2.05, 4.69) is 0 Å². The van der Waals surface area contributed by atoms with Crippen LogP contribution in [0.3, 0.4) is 0 Å². The fourth-order valence-corrected chi connectivity index (χ4v) is 2.03. The minimum Gasteiger partial charge on any atom is -0.481 e. The van der Waals surface area contributed by atoms with E-state index in [1.807, 2.05) is 27.7 Å². The molecule has 15 N–H and O–H groups in total. The lowest BCUT2D eigenvalue weighted by atomic mass is 10.0. The third kappa shape index (κ3) is 27.7. The molecule has 0 aromatic rings. The van der Waals surface area contributed by atoms with E-state index >= 15 is 0 Å². The van der Waals surface area contributed by atoms with Crippen LogP contribution in [0.1, 0.15) is 72.6 Å². The summed E-state index contributed by atoms with van der Waals surface area (Å²) in [6.45, 7) is 8.12. The minimum atomic E-state index is -1.17. The van der Waals surface area contributed by atoms with Crippen LogP contribution in [0.15, 0.2) is 0 Å². The first-order valence-corrected chi connectivity index (χ1v) is 12.3. The first-order valence-electron chi connectivity index (χ1n) is 12.3. The molecule has 15 nitrogen and oxygen atoms in total. The van der Waals surface area contributed by atoms with Crippen LogP contribution in [0.2, 0.25) is 0 Å². The van der Waals surface area contributed by atoms with Gasteiger partial charge in [0, 0.05) is 6.42 Å². The number of unbranched alkanes of at least 4 members (excludes halogenated alkanes) is 1. The molecule has 0 saturated heterocycles. The number of carboxylic acids is 5. The monoisotopic (exact) mass is 555 g/mol. The van der Waals surface area contributed by atoms with Crippen molar-refractivity contribution in [1.29, 1.82) is 0 Å². The number of hydrogen-bond donors (Lipinski definition) is 10. The average Bonchev–Trinajstić information content (AvgIpc) is 2.86. The first-order chi connectivity index (χ1) is 17.4. The topological polar surface area (TPSA) is 317 Å². The predicted molar refractivity (Wildman–Crippen MR) is 141 cm³/mol. The van der Waals surface area contributed by atoms with E-state index in [0.717, 1.165) is 25.7 Å². The van der Waals surface area contributed by atoms with Crippen molar-refractivity contribution >= 4 is 29.8 Å². The summed E-state index contributed by atoms with van der Waals surface area (Å²) in [7, 11) is 0. The highest BCUT2D eigenvalue weighted by Crippen LogP contribution is 2.05. The summed E-state index contributed by atoms with van der Waals surface area (Å²) in [5.74, 6) is -4.81. The Morgan fingerprint density at radius 3 is 1.16 bits per heavy atom. The normalized spacial score (nSPS) is 14.7. The third-order valence-corrected chi connectivity index (χ3v) is 5.36. The molecule has 0 unspecified atom stereocenters. The summed E-state index contributed by atoms with van der Waals surface area (Å²) in [5, 5.41) is 41.3. The lowest BCUT2D eigenvalue weighted by Gasteiger charge is -2.11. The number of rotatable bonds is 15. The van der Waals surface area contributed by atoms with Crippen molar-refractivity contribution in [3.05, 3.63) is 0 Å². The van der Waals surface area contributed by atoms with Crippen LogP contribution in [0.5, 0.6) is 0 Å². The molecule has 0 aromatic heterocycles. The number of nitrogens with two attached hydrogens (primary N) is 5. The fourth-order valence-electron chi connectivity index (χ4n) is 2.03. The molecule has 0 radical (unpaired) electrons. The second kappa shape index (κ2) is 25.8. The van der Waals surface area contributed by atoms with Gasteiger partial charge in [0.2, 0.25) is 0 Å². The maximum atomic E-state index is 10.2. The van der Waals surface area contributed by atoms with Crippen molar-refractivity contribution in [2.24, 2.45) is 40.5 Å². The smallest absolute Gasteiger partial charge is 0.320 e. The zero-order valence-electron chi connectivity index (χ0n) is 22.8. The van der Waals surface area contributed by atoms with Gasteiger partial charge in [-0.1, -0.05) is 47.0 Å². The van der Waals surface area contributed by atoms with Gasteiger partial charge in [0.25, 0.3) is 0 Å². The van der Waals surface area contributed by atoms with Crippen LogP contribution in [0, 0.1) is 11.8 Å². The van der Waals surface area contributed by atoms with Crippen molar-refractivity contribution in [1.82, 2.24) is 0 Å². The second-order valence-corrected chi connectivity index (χ2v) is 8.61. The van der Waals surface area contributed by atoms with E-state index in [9.17, 15) is 24.0 Å². The van der Waals surface area contributed by atoms with Crippen LogP contribution in [0.25, 0.3) is 0 Å². The first kappa shape index (κ1) is 42.2.